The third-order valence-corrected chi connectivity index (χ3v) is 4.98. The maximum atomic E-state index is 12.5. The van der Waals surface area contributed by atoms with E-state index in [0.717, 1.165) is 38.8 Å². The van der Waals surface area contributed by atoms with Crippen LogP contribution in [0.5, 0.6) is 11.5 Å². The van der Waals surface area contributed by atoms with Crippen LogP contribution in [0, 0.1) is 16.0 Å². The Morgan fingerprint density at radius 3 is 2.65 bits per heavy atom. The summed E-state index contributed by atoms with van der Waals surface area (Å²) >= 11 is 0. The van der Waals surface area contributed by atoms with Crippen molar-refractivity contribution in [3.63, 3.8) is 0 Å². The van der Waals surface area contributed by atoms with Gasteiger partial charge in [0.2, 0.25) is 5.75 Å². The Kier molecular flexibility index (Phi) is 5.44. The smallest absolute Gasteiger partial charge is 0.315 e. The number of methoxy groups -OCH3 is 1. The molecular weight excluding hydrogens is 336 g/mol. The lowest BCUT2D eigenvalue weighted by Crippen LogP contribution is -2.45. The predicted molar refractivity (Wildman–Crippen MR) is 97.3 cm³/mol. The number of benzene rings is 1. The van der Waals surface area contributed by atoms with Crippen molar-refractivity contribution in [1.29, 1.82) is 0 Å². The number of carbonyl (C=O) groups is 1. The highest BCUT2D eigenvalue weighted by molar-refractivity contribution is 6.02. The highest BCUT2D eigenvalue weighted by atomic mass is 16.6. The number of hydrogen-bond acceptors (Lipinski definition) is 6. The number of piperidine rings is 3. The summed E-state index contributed by atoms with van der Waals surface area (Å²) in [7, 11) is 1.46. The standard InChI is InChI=1S/C19H24N2O5/c1-3-4-9-26-19-16(21(23)24)11-13(12-17(19)25-2)10-15-18(22)14-5-7-20(15)8-6-14/h10-12,14H,3-9H2,1-2H3/b15-10-. The largest absolute Gasteiger partial charge is 0.493 e. The van der Waals surface area contributed by atoms with Gasteiger partial charge in [0.05, 0.1) is 24.3 Å². The average Bonchev–Trinajstić information content (AvgIpc) is 2.65. The van der Waals surface area contributed by atoms with E-state index < -0.39 is 4.92 Å². The first-order chi connectivity index (χ1) is 12.5. The Bertz CT molecular complexity index is 736. The van der Waals surface area contributed by atoms with Crippen molar-refractivity contribution in [2.75, 3.05) is 26.8 Å². The van der Waals surface area contributed by atoms with Crippen LogP contribution >= 0.6 is 0 Å². The number of nitro benzene ring substituents is 1. The Labute approximate surface area is 152 Å². The number of unbranched alkanes of at least 4 members (excludes halogenated alkanes) is 1. The molecule has 0 spiro atoms. The normalized spacial score (nSPS) is 18.5. The van der Waals surface area contributed by atoms with Crippen LogP contribution < -0.4 is 9.47 Å². The number of ketones is 1. The molecule has 0 radical (unpaired) electrons. The van der Waals surface area contributed by atoms with E-state index in [9.17, 15) is 14.9 Å². The monoisotopic (exact) mass is 360 g/mol. The molecule has 2 bridgehead atoms. The van der Waals surface area contributed by atoms with Gasteiger partial charge in [-0.05, 0) is 37.0 Å². The molecule has 3 aliphatic rings. The van der Waals surface area contributed by atoms with Crippen LogP contribution in [0.1, 0.15) is 38.2 Å². The summed E-state index contributed by atoms with van der Waals surface area (Å²) in [4.78, 5) is 25.6. The maximum absolute atomic E-state index is 12.5. The van der Waals surface area contributed by atoms with Gasteiger partial charge in [0.25, 0.3) is 0 Å². The summed E-state index contributed by atoms with van der Waals surface area (Å²) in [6.07, 6.45) is 5.25. The van der Waals surface area contributed by atoms with Gasteiger partial charge in [0.15, 0.2) is 11.5 Å². The Hall–Kier alpha value is -2.57. The van der Waals surface area contributed by atoms with Crippen LogP contribution in [-0.4, -0.2) is 42.4 Å². The van der Waals surface area contributed by atoms with Crippen molar-refractivity contribution in [3.8, 4) is 11.5 Å². The zero-order valence-corrected chi connectivity index (χ0v) is 15.2. The summed E-state index contributed by atoms with van der Waals surface area (Å²) in [5.74, 6) is 0.669. The molecule has 3 fully saturated rings. The lowest BCUT2D eigenvalue weighted by Gasteiger charge is -2.41. The summed E-state index contributed by atoms with van der Waals surface area (Å²) in [5, 5.41) is 11.5. The van der Waals surface area contributed by atoms with Gasteiger partial charge in [0.1, 0.15) is 0 Å². The van der Waals surface area contributed by atoms with Crippen LogP contribution in [0.3, 0.4) is 0 Å². The number of fused-ring (bicyclic) bond motifs is 3. The molecule has 3 aliphatic heterocycles. The van der Waals surface area contributed by atoms with Gasteiger partial charge in [-0.3, -0.25) is 14.9 Å². The molecule has 1 aromatic rings. The van der Waals surface area contributed by atoms with E-state index in [4.69, 9.17) is 9.47 Å². The first kappa shape index (κ1) is 18.2. The zero-order chi connectivity index (χ0) is 18.7. The minimum Gasteiger partial charge on any atom is -0.493 e. The van der Waals surface area contributed by atoms with Gasteiger partial charge >= 0.3 is 5.69 Å². The first-order valence-corrected chi connectivity index (χ1v) is 9.05. The Morgan fingerprint density at radius 1 is 1.35 bits per heavy atom. The van der Waals surface area contributed by atoms with Crippen LogP contribution in [0.15, 0.2) is 17.8 Å². The number of rotatable bonds is 7. The molecule has 26 heavy (non-hydrogen) atoms. The van der Waals surface area contributed by atoms with E-state index in [1.165, 1.54) is 13.2 Å². The molecule has 0 amide bonds. The van der Waals surface area contributed by atoms with E-state index >= 15 is 0 Å². The van der Waals surface area contributed by atoms with E-state index in [-0.39, 0.29) is 23.1 Å². The summed E-state index contributed by atoms with van der Waals surface area (Å²) in [5.41, 5.74) is 1.08. The Balaban J connectivity index is 1.98. The number of Topliss-reactive ketones (excluding diaryl/α,β-unsaturated/α-hetero) is 1. The summed E-state index contributed by atoms with van der Waals surface area (Å²) in [6, 6.07) is 3.14. The highest BCUT2D eigenvalue weighted by Gasteiger charge is 2.36. The van der Waals surface area contributed by atoms with Crippen molar-refractivity contribution in [2.24, 2.45) is 5.92 Å². The molecule has 0 unspecified atom stereocenters. The van der Waals surface area contributed by atoms with E-state index in [2.05, 4.69) is 4.90 Å². The average molecular weight is 360 g/mol. The van der Waals surface area contributed by atoms with Crippen molar-refractivity contribution in [3.05, 3.63) is 33.5 Å². The molecule has 0 aliphatic carbocycles. The fourth-order valence-electron chi connectivity index (χ4n) is 3.51. The summed E-state index contributed by atoms with van der Waals surface area (Å²) in [6.45, 7) is 4.13. The van der Waals surface area contributed by atoms with Crippen molar-refractivity contribution in [1.82, 2.24) is 4.90 Å². The summed E-state index contributed by atoms with van der Waals surface area (Å²) < 4.78 is 10.9. The van der Waals surface area contributed by atoms with Crippen LogP contribution in [0.2, 0.25) is 0 Å². The topological polar surface area (TPSA) is 81.9 Å². The van der Waals surface area contributed by atoms with Gasteiger partial charge in [-0.15, -0.1) is 0 Å². The second-order valence-corrected chi connectivity index (χ2v) is 6.69. The number of hydrogen-bond donors (Lipinski definition) is 0. The van der Waals surface area contributed by atoms with Crippen LogP contribution in [-0.2, 0) is 4.79 Å². The minimum absolute atomic E-state index is 0.0831. The molecule has 0 aromatic heterocycles. The van der Waals surface area contributed by atoms with Crippen LogP contribution in [0.4, 0.5) is 5.69 Å². The van der Waals surface area contributed by atoms with Crippen LogP contribution in [0.25, 0.3) is 6.08 Å². The molecular formula is C19H24N2O5. The number of ether oxygens (including phenoxy) is 2. The Morgan fingerprint density at radius 2 is 2.08 bits per heavy atom. The molecule has 1 aromatic carbocycles. The number of nitro groups is 1. The number of allylic oxidation sites excluding steroid dienone is 1. The second kappa shape index (κ2) is 7.76. The predicted octanol–water partition coefficient (Wildman–Crippen LogP) is 3.42. The number of carbonyl (C=O) groups excluding carboxylic acids is 1. The molecule has 140 valence electrons. The fraction of sp³-hybridized carbons (Fsp3) is 0.526. The lowest BCUT2D eigenvalue weighted by atomic mass is 9.84. The molecule has 3 heterocycles. The van der Waals surface area contributed by atoms with Crippen molar-refractivity contribution < 1.29 is 19.2 Å². The molecule has 4 rings (SSSR count). The van der Waals surface area contributed by atoms with E-state index in [0.29, 0.717) is 23.6 Å². The maximum Gasteiger partial charge on any atom is 0.315 e. The van der Waals surface area contributed by atoms with Crippen molar-refractivity contribution >= 4 is 17.5 Å². The van der Waals surface area contributed by atoms with E-state index in [1.54, 1.807) is 12.1 Å². The SMILES string of the molecule is CCCCOc1c(OC)cc(/C=C2/C(=O)C3CCN2CC3)cc1[N+](=O)[O-]. The van der Waals surface area contributed by atoms with Gasteiger partial charge in [-0.25, -0.2) is 0 Å². The molecule has 7 heteroatoms. The van der Waals surface area contributed by atoms with Gasteiger partial charge in [0, 0.05) is 25.1 Å². The van der Waals surface area contributed by atoms with E-state index in [1.807, 2.05) is 6.92 Å². The molecule has 3 saturated heterocycles. The number of nitrogens with zero attached hydrogens (tertiary/aromatic N) is 2. The van der Waals surface area contributed by atoms with Crippen molar-refractivity contribution in [2.45, 2.75) is 32.6 Å². The second-order valence-electron chi connectivity index (χ2n) is 6.69. The highest BCUT2D eigenvalue weighted by Crippen LogP contribution is 2.40. The third kappa shape index (κ3) is 3.52. The molecule has 0 N–H and O–H groups in total. The van der Waals surface area contributed by atoms with Gasteiger partial charge < -0.3 is 14.4 Å². The quantitative estimate of drug-likeness (QED) is 0.321. The molecule has 7 nitrogen and oxygen atoms in total. The first-order valence-electron chi connectivity index (χ1n) is 9.05. The van der Waals surface area contributed by atoms with Gasteiger partial charge in [-0.1, -0.05) is 13.3 Å². The van der Waals surface area contributed by atoms with Gasteiger partial charge in [-0.2, -0.15) is 0 Å². The molecule has 0 saturated carbocycles. The zero-order valence-electron chi connectivity index (χ0n) is 15.2. The molecule has 0 atom stereocenters. The minimum atomic E-state index is -0.471. The third-order valence-electron chi connectivity index (χ3n) is 4.98. The fourth-order valence-corrected chi connectivity index (χ4v) is 3.51. The lowest BCUT2D eigenvalue weighted by molar-refractivity contribution is -0.386.